The Balaban J connectivity index is 2.20. The van der Waals surface area contributed by atoms with E-state index >= 15 is 0 Å². The quantitative estimate of drug-likeness (QED) is 0.435. The second-order valence-corrected chi connectivity index (χ2v) is 4.05. The number of thiocarbonyl (C=S) groups is 1. The SMILES string of the molecule is Fc1nc(C(=S)c2ccccc2)c2[nH]cnc2n1. The normalized spacial score (nSPS) is 10.7. The molecule has 6 heteroatoms. The summed E-state index contributed by atoms with van der Waals surface area (Å²) < 4.78 is 13.3. The molecule has 18 heavy (non-hydrogen) atoms. The molecule has 1 aromatic carbocycles. The molecule has 0 fully saturated rings. The molecule has 0 aliphatic rings. The highest BCUT2D eigenvalue weighted by molar-refractivity contribution is 7.81. The number of nitrogens with one attached hydrogen (secondary N) is 1. The van der Waals surface area contributed by atoms with E-state index in [-0.39, 0.29) is 5.65 Å². The second-order valence-electron chi connectivity index (χ2n) is 3.64. The first-order valence-electron chi connectivity index (χ1n) is 5.22. The van der Waals surface area contributed by atoms with Crippen molar-refractivity contribution in [1.29, 1.82) is 0 Å². The highest BCUT2D eigenvalue weighted by Gasteiger charge is 2.14. The van der Waals surface area contributed by atoms with Gasteiger partial charge in [0, 0.05) is 0 Å². The van der Waals surface area contributed by atoms with Crippen LogP contribution in [0.5, 0.6) is 0 Å². The molecule has 0 atom stereocenters. The molecule has 0 spiro atoms. The zero-order chi connectivity index (χ0) is 12.5. The lowest BCUT2D eigenvalue weighted by Gasteiger charge is -2.04. The molecule has 3 aromatic rings. The number of H-pyrrole nitrogens is 1. The van der Waals surface area contributed by atoms with E-state index < -0.39 is 6.08 Å². The lowest BCUT2D eigenvalue weighted by Crippen LogP contribution is -2.06. The zero-order valence-corrected chi connectivity index (χ0v) is 9.91. The summed E-state index contributed by atoms with van der Waals surface area (Å²) in [7, 11) is 0. The third kappa shape index (κ3) is 1.76. The Morgan fingerprint density at radius 1 is 1.17 bits per heavy atom. The number of benzene rings is 1. The van der Waals surface area contributed by atoms with Gasteiger partial charge in [-0.1, -0.05) is 42.5 Å². The summed E-state index contributed by atoms with van der Waals surface area (Å²) in [6.45, 7) is 0. The van der Waals surface area contributed by atoms with Gasteiger partial charge in [0.1, 0.15) is 11.2 Å². The topological polar surface area (TPSA) is 54.5 Å². The standard InChI is InChI=1S/C12H7FN4S/c13-12-16-8(9-11(17-12)15-6-14-9)10(18)7-4-2-1-3-5-7/h1-6H,(H,14,15,16,17). The fourth-order valence-corrected chi connectivity index (χ4v) is 1.98. The van der Waals surface area contributed by atoms with Crippen molar-refractivity contribution in [2.75, 3.05) is 0 Å². The Labute approximate surface area is 107 Å². The monoisotopic (exact) mass is 258 g/mol. The van der Waals surface area contributed by atoms with E-state index in [9.17, 15) is 4.39 Å². The van der Waals surface area contributed by atoms with Crippen LogP contribution in [0.1, 0.15) is 11.3 Å². The molecule has 0 aliphatic heterocycles. The molecular weight excluding hydrogens is 251 g/mol. The van der Waals surface area contributed by atoms with E-state index in [1.54, 1.807) is 0 Å². The van der Waals surface area contributed by atoms with Crippen LogP contribution in [-0.4, -0.2) is 24.8 Å². The van der Waals surface area contributed by atoms with E-state index in [2.05, 4.69) is 19.9 Å². The Morgan fingerprint density at radius 2 is 1.94 bits per heavy atom. The molecule has 1 N–H and O–H groups in total. The van der Waals surface area contributed by atoms with E-state index in [0.29, 0.717) is 16.1 Å². The number of aromatic amines is 1. The maximum Gasteiger partial charge on any atom is 0.311 e. The largest absolute Gasteiger partial charge is 0.341 e. The van der Waals surface area contributed by atoms with Gasteiger partial charge in [-0.15, -0.1) is 0 Å². The number of rotatable bonds is 2. The summed E-state index contributed by atoms with van der Waals surface area (Å²) in [5, 5.41) is 0. The molecular formula is C12H7FN4S. The summed E-state index contributed by atoms with van der Waals surface area (Å²) in [4.78, 5) is 14.6. The molecule has 0 bridgehead atoms. The van der Waals surface area contributed by atoms with Gasteiger partial charge >= 0.3 is 6.08 Å². The summed E-state index contributed by atoms with van der Waals surface area (Å²) >= 11 is 5.34. The van der Waals surface area contributed by atoms with Gasteiger partial charge in [0.15, 0.2) is 5.65 Å². The average Bonchev–Trinajstić information content (AvgIpc) is 2.86. The molecule has 2 aromatic heterocycles. The van der Waals surface area contributed by atoms with Crippen molar-refractivity contribution in [3.05, 3.63) is 54.0 Å². The second kappa shape index (κ2) is 4.23. The fourth-order valence-electron chi connectivity index (χ4n) is 1.70. The van der Waals surface area contributed by atoms with Crippen molar-refractivity contribution in [2.24, 2.45) is 0 Å². The molecule has 4 nitrogen and oxygen atoms in total. The summed E-state index contributed by atoms with van der Waals surface area (Å²) in [6.07, 6.45) is 0.610. The Kier molecular flexibility index (Phi) is 2.56. The summed E-state index contributed by atoms with van der Waals surface area (Å²) in [6, 6.07) is 9.32. The molecule has 2 heterocycles. The van der Waals surface area contributed by atoms with Gasteiger partial charge < -0.3 is 4.98 Å². The number of aromatic nitrogens is 4. The van der Waals surface area contributed by atoms with Gasteiger partial charge in [-0.05, 0) is 5.56 Å². The van der Waals surface area contributed by atoms with Crippen LogP contribution in [0, 0.1) is 6.08 Å². The molecule has 0 radical (unpaired) electrons. The predicted molar refractivity (Wildman–Crippen MR) is 68.9 cm³/mol. The first kappa shape index (κ1) is 10.9. The average molecular weight is 258 g/mol. The van der Waals surface area contributed by atoms with Crippen molar-refractivity contribution in [2.45, 2.75) is 0 Å². The number of imidazole rings is 1. The van der Waals surface area contributed by atoms with Crippen LogP contribution in [0.4, 0.5) is 4.39 Å². The molecule has 0 saturated carbocycles. The van der Waals surface area contributed by atoms with Gasteiger partial charge in [-0.3, -0.25) is 0 Å². The molecule has 0 saturated heterocycles. The van der Waals surface area contributed by atoms with Crippen LogP contribution in [0.2, 0.25) is 0 Å². The van der Waals surface area contributed by atoms with Gasteiger partial charge in [-0.25, -0.2) is 4.98 Å². The van der Waals surface area contributed by atoms with Crippen molar-refractivity contribution < 1.29 is 4.39 Å². The number of hydrogen-bond donors (Lipinski definition) is 1. The van der Waals surface area contributed by atoms with Crippen molar-refractivity contribution in [3.63, 3.8) is 0 Å². The van der Waals surface area contributed by atoms with Crippen molar-refractivity contribution >= 4 is 28.2 Å². The third-order valence-corrected chi connectivity index (χ3v) is 2.94. The highest BCUT2D eigenvalue weighted by atomic mass is 32.1. The van der Waals surface area contributed by atoms with Crippen LogP contribution in [0.25, 0.3) is 11.2 Å². The van der Waals surface area contributed by atoms with E-state index in [1.165, 1.54) is 6.33 Å². The molecule has 0 aliphatic carbocycles. The van der Waals surface area contributed by atoms with Crippen LogP contribution in [0.3, 0.4) is 0 Å². The predicted octanol–water partition coefficient (Wildman–Crippen LogP) is 2.26. The number of hydrogen-bond acceptors (Lipinski definition) is 4. The smallest absolute Gasteiger partial charge is 0.311 e. The van der Waals surface area contributed by atoms with E-state index in [1.807, 2.05) is 30.3 Å². The van der Waals surface area contributed by atoms with Crippen LogP contribution in [0.15, 0.2) is 36.7 Å². The minimum absolute atomic E-state index is 0.274. The van der Waals surface area contributed by atoms with Gasteiger partial charge in [0.2, 0.25) is 0 Å². The van der Waals surface area contributed by atoms with Crippen LogP contribution >= 0.6 is 12.2 Å². The van der Waals surface area contributed by atoms with Crippen LogP contribution in [-0.2, 0) is 0 Å². The van der Waals surface area contributed by atoms with Crippen molar-refractivity contribution in [3.8, 4) is 0 Å². The number of fused-ring (bicyclic) bond motifs is 1. The lowest BCUT2D eigenvalue weighted by atomic mass is 10.1. The Bertz CT molecular complexity index is 723. The third-order valence-electron chi connectivity index (χ3n) is 2.51. The first-order chi connectivity index (χ1) is 8.75. The fraction of sp³-hybridized carbons (Fsp3) is 0. The number of nitrogens with zero attached hydrogens (tertiary/aromatic N) is 3. The molecule has 0 unspecified atom stereocenters. The highest BCUT2D eigenvalue weighted by Crippen LogP contribution is 2.16. The number of halogens is 1. The molecule has 3 rings (SSSR count). The summed E-state index contributed by atoms with van der Waals surface area (Å²) in [5.41, 5.74) is 1.98. The van der Waals surface area contributed by atoms with Crippen molar-refractivity contribution in [1.82, 2.24) is 19.9 Å². The Morgan fingerprint density at radius 3 is 2.72 bits per heavy atom. The van der Waals surface area contributed by atoms with Gasteiger partial charge in [0.25, 0.3) is 0 Å². The molecule has 88 valence electrons. The lowest BCUT2D eigenvalue weighted by molar-refractivity contribution is 0.543. The minimum Gasteiger partial charge on any atom is -0.341 e. The van der Waals surface area contributed by atoms with Gasteiger partial charge in [-0.2, -0.15) is 14.4 Å². The van der Waals surface area contributed by atoms with Crippen LogP contribution < -0.4 is 0 Å². The van der Waals surface area contributed by atoms with Gasteiger partial charge in [0.05, 0.1) is 11.2 Å². The Hall–Kier alpha value is -2.21. The maximum absolute atomic E-state index is 13.3. The van der Waals surface area contributed by atoms with E-state index in [0.717, 1.165) is 5.56 Å². The zero-order valence-electron chi connectivity index (χ0n) is 9.09. The first-order valence-corrected chi connectivity index (χ1v) is 5.63. The summed E-state index contributed by atoms with van der Waals surface area (Å²) in [5.74, 6) is 0. The minimum atomic E-state index is -0.831. The van der Waals surface area contributed by atoms with E-state index in [4.69, 9.17) is 12.2 Å². The molecule has 0 amide bonds. The maximum atomic E-state index is 13.3.